The first-order valence-electron chi connectivity index (χ1n) is 7.03. The third-order valence-electron chi connectivity index (χ3n) is 3.57. The van der Waals surface area contributed by atoms with E-state index in [4.69, 9.17) is 14.3 Å². The van der Waals surface area contributed by atoms with Gasteiger partial charge in [-0.2, -0.15) is 5.06 Å². The summed E-state index contributed by atoms with van der Waals surface area (Å²) in [7, 11) is 2.32. The fourth-order valence-electron chi connectivity index (χ4n) is 2.71. The molecular formula is C13H18N2O9. The van der Waals surface area contributed by atoms with Crippen LogP contribution in [0.2, 0.25) is 0 Å². The van der Waals surface area contributed by atoms with Crippen LogP contribution in [0.4, 0.5) is 9.59 Å². The first kappa shape index (κ1) is 17.8. The lowest BCUT2D eigenvalue weighted by molar-refractivity contribution is -0.349. The van der Waals surface area contributed by atoms with E-state index in [1.54, 1.807) is 0 Å². The fourth-order valence-corrected chi connectivity index (χ4v) is 2.71. The molecule has 134 valence electrons. The van der Waals surface area contributed by atoms with Gasteiger partial charge in [0, 0.05) is 13.8 Å². The fraction of sp³-hybridized carbons (Fsp3) is 0.692. The zero-order valence-corrected chi connectivity index (χ0v) is 13.6. The molecule has 3 aliphatic rings. The molecule has 2 bridgehead atoms. The number of carbonyl (C=O) groups excluding carboxylic acids is 4. The van der Waals surface area contributed by atoms with Gasteiger partial charge in [0.15, 0.2) is 12.2 Å². The second kappa shape index (κ2) is 6.91. The van der Waals surface area contributed by atoms with E-state index in [0.29, 0.717) is 0 Å². The molecule has 0 aromatic heterocycles. The number of piperidine rings is 1. The number of carbonyl (C=O) groups is 4. The summed E-state index contributed by atoms with van der Waals surface area (Å²) in [5, 5.41) is 0.859. The maximum absolute atomic E-state index is 11.9. The van der Waals surface area contributed by atoms with E-state index in [-0.39, 0.29) is 6.54 Å². The van der Waals surface area contributed by atoms with Gasteiger partial charge in [-0.25, -0.2) is 14.4 Å². The molecule has 3 rings (SSSR count). The molecule has 0 spiro atoms. The Balaban J connectivity index is 2.38. The molecule has 11 nitrogen and oxygen atoms in total. The maximum atomic E-state index is 11.9. The van der Waals surface area contributed by atoms with Crippen LogP contribution >= 0.6 is 0 Å². The minimum atomic E-state index is -1.21. The van der Waals surface area contributed by atoms with Crippen molar-refractivity contribution in [3.8, 4) is 0 Å². The van der Waals surface area contributed by atoms with Gasteiger partial charge in [0.2, 0.25) is 6.23 Å². The number of amides is 2. The predicted octanol–water partition coefficient (Wildman–Crippen LogP) is -0.360. The van der Waals surface area contributed by atoms with E-state index in [1.807, 2.05) is 0 Å². The SMILES string of the molecule is COC(=O)N1C[C@@H]2[C@H](OC(C)=O)[C@H](OC(C)=O)[C@H]1ON2C(=O)OC. The number of rotatable bonds is 2. The molecule has 11 heteroatoms. The van der Waals surface area contributed by atoms with Crippen molar-refractivity contribution in [2.24, 2.45) is 0 Å². The normalized spacial score (nSPS) is 28.2. The Morgan fingerprint density at radius 1 is 0.917 bits per heavy atom. The number of nitrogens with zero attached hydrogens (tertiary/aromatic N) is 2. The highest BCUT2D eigenvalue weighted by molar-refractivity contribution is 5.72. The highest BCUT2D eigenvalue weighted by atomic mass is 16.8. The van der Waals surface area contributed by atoms with Gasteiger partial charge >= 0.3 is 24.1 Å². The van der Waals surface area contributed by atoms with Crippen LogP contribution in [0.25, 0.3) is 0 Å². The van der Waals surface area contributed by atoms with Crippen molar-refractivity contribution in [2.45, 2.75) is 38.3 Å². The molecule has 3 aliphatic heterocycles. The topological polar surface area (TPSA) is 121 Å². The Morgan fingerprint density at radius 2 is 1.46 bits per heavy atom. The van der Waals surface area contributed by atoms with Gasteiger partial charge in [-0.1, -0.05) is 0 Å². The second-order valence-corrected chi connectivity index (χ2v) is 5.13. The molecule has 0 unspecified atom stereocenters. The van der Waals surface area contributed by atoms with Crippen LogP contribution in [0, 0.1) is 0 Å². The quantitative estimate of drug-likeness (QED) is 0.487. The van der Waals surface area contributed by atoms with E-state index in [1.165, 1.54) is 14.0 Å². The zero-order valence-electron chi connectivity index (χ0n) is 13.6. The van der Waals surface area contributed by atoms with Crippen molar-refractivity contribution < 1.29 is 43.0 Å². The van der Waals surface area contributed by atoms with Crippen molar-refractivity contribution >= 4 is 24.1 Å². The number of fused-ring (bicyclic) bond motifs is 3. The highest BCUT2D eigenvalue weighted by Crippen LogP contribution is 2.35. The van der Waals surface area contributed by atoms with Crippen molar-refractivity contribution in [3.05, 3.63) is 0 Å². The summed E-state index contributed by atoms with van der Waals surface area (Å²) in [6.07, 6.45) is -4.94. The monoisotopic (exact) mass is 346 g/mol. The van der Waals surface area contributed by atoms with Gasteiger partial charge < -0.3 is 18.9 Å². The van der Waals surface area contributed by atoms with E-state index < -0.39 is 48.6 Å². The van der Waals surface area contributed by atoms with Crippen molar-refractivity contribution in [1.82, 2.24) is 9.96 Å². The molecule has 0 aromatic rings. The first-order valence-corrected chi connectivity index (χ1v) is 7.03. The van der Waals surface area contributed by atoms with E-state index >= 15 is 0 Å². The van der Waals surface area contributed by atoms with Crippen LogP contribution in [0.5, 0.6) is 0 Å². The Kier molecular flexibility index (Phi) is 5.12. The minimum absolute atomic E-state index is 0.0534. The van der Waals surface area contributed by atoms with Crippen LogP contribution in [-0.2, 0) is 33.4 Å². The van der Waals surface area contributed by atoms with Crippen LogP contribution in [0.3, 0.4) is 0 Å². The van der Waals surface area contributed by atoms with Gasteiger partial charge in [-0.3, -0.25) is 14.5 Å². The smallest absolute Gasteiger partial charge is 0.434 e. The highest BCUT2D eigenvalue weighted by Gasteiger charge is 2.59. The van der Waals surface area contributed by atoms with E-state index in [9.17, 15) is 19.2 Å². The van der Waals surface area contributed by atoms with E-state index in [0.717, 1.165) is 24.0 Å². The summed E-state index contributed by atoms with van der Waals surface area (Å²) in [5.74, 6) is -1.30. The molecule has 4 atom stereocenters. The van der Waals surface area contributed by atoms with Crippen molar-refractivity contribution in [3.63, 3.8) is 0 Å². The molecule has 0 N–H and O–H groups in total. The molecule has 0 radical (unpaired) electrons. The summed E-state index contributed by atoms with van der Waals surface area (Å²) in [5.41, 5.74) is 0. The Morgan fingerprint density at radius 3 is 1.96 bits per heavy atom. The molecule has 0 aromatic carbocycles. The molecule has 3 saturated heterocycles. The third-order valence-corrected chi connectivity index (χ3v) is 3.57. The van der Waals surface area contributed by atoms with Gasteiger partial charge in [0.05, 0.1) is 20.8 Å². The minimum Gasteiger partial charge on any atom is -0.456 e. The summed E-state index contributed by atoms with van der Waals surface area (Å²) < 4.78 is 19.6. The number of hydroxylamine groups is 2. The maximum Gasteiger partial charge on any atom is 0.434 e. The Hall–Kier alpha value is -2.56. The van der Waals surface area contributed by atoms with Gasteiger partial charge in [-0.15, -0.1) is 0 Å². The molecule has 2 amide bonds. The number of methoxy groups -OCH3 is 2. The Bertz CT molecular complexity index is 504. The molecule has 0 saturated carbocycles. The van der Waals surface area contributed by atoms with Gasteiger partial charge in [0.1, 0.15) is 6.04 Å². The van der Waals surface area contributed by atoms with Gasteiger partial charge in [0.25, 0.3) is 0 Å². The lowest BCUT2D eigenvalue weighted by atomic mass is 9.95. The number of ether oxygens (including phenoxy) is 4. The van der Waals surface area contributed by atoms with Crippen molar-refractivity contribution in [2.75, 3.05) is 20.8 Å². The largest absolute Gasteiger partial charge is 0.456 e. The number of esters is 2. The summed E-state index contributed by atoms with van der Waals surface area (Å²) in [6.45, 7) is 2.28. The average molecular weight is 346 g/mol. The lowest BCUT2D eigenvalue weighted by Gasteiger charge is -2.54. The molecular weight excluding hydrogens is 328 g/mol. The first-order chi connectivity index (χ1) is 11.3. The number of hydrogen-bond donors (Lipinski definition) is 0. The van der Waals surface area contributed by atoms with E-state index in [2.05, 4.69) is 9.47 Å². The Labute approximate surface area is 137 Å². The standard InChI is InChI=1S/C13H18N2O9/c1-6(16)22-9-8-5-14(12(18)20-3)11(10(9)23-7(2)17)24-15(8)13(19)21-4/h8-11H,5H2,1-4H3/t8-,9+,10+,11-/m1/s1. The molecule has 3 heterocycles. The zero-order chi connectivity index (χ0) is 18.0. The summed E-state index contributed by atoms with van der Waals surface area (Å²) in [6, 6.07) is -0.935. The predicted molar refractivity (Wildman–Crippen MR) is 73.1 cm³/mol. The van der Waals surface area contributed by atoms with Crippen molar-refractivity contribution in [1.29, 1.82) is 0 Å². The second-order valence-electron chi connectivity index (χ2n) is 5.13. The summed E-state index contributed by atoms with van der Waals surface area (Å²) in [4.78, 5) is 53.1. The molecule has 3 fully saturated rings. The summed E-state index contributed by atoms with van der Waals surface area (Å²) >= 11 is 0. The van der Waals surface area contributed by atoms with Crippen LogP contribution in [0.15, 0.2) is 0 Å². The average Bonchev–Trinajstić information content (AvgIpc) is 2.54. The van der Waals surface area contributed by atoms with Crippen LogP contribution in [0.1, 0.15) is 13.8 Å². The van der Waals surface area contributed by atoms with Crippen LogP contribution in [-0.4, -0.2) is 79.3 Å². The number of hydrogen-bond acceptors (Lipinski definition) is 9. The molecule has 0 aliphatic carbocycles. The van der Waals surface area contributed by atoms with Gasteiger partial charge in [-0.05, 0) is 0 Å². The third kappa shape index (κ3) is 3.20. The lowest BCUT2D eigenvalue weighted by Crippen LogP contribution is -2.75. The molecule has 24 heavy (non-hydrogen) atoms. The van der Waals surface area contributed by atoms with Crippen LogP contribution < -0.4 is 0 Å².